The van der Waals surface area contributed by atoms with Gasteiger partial charge in [0.05, 0.1) is 11.9 Å². The van der Waals surface area contributed by atoms with Crippen molar-refractivity contribution in [1.82, 2.24) is 14.7 Å². The van der Waals surface area contributed by atoms with Gasteiger partial charge >= 0.3 is 0 Å². The van der Waals surface area contributed by atoms with Crippen molar-refractivity contribution in [3.05, 3.63) is 56.4 Å². The van der Waals surface area contributed by atoms with E-state index in [0.29, 0.717) is 30.7 Å². The van der Waals surface area contributed by atoms with Crippen LogP contribution in [0.4, 0.5) is 5.69 Å². The van der Waals surface area contributed by atoms with Gasteiger partial charge in [0.25, 0.3) is 11.5 Å². The van der Waals surface area contributed by atoms with E-state index >= 15 is 0 Å². The lowest BCUT2D eigenvalue weighted by atomic mass is 10.1. The summed E-state index contributed by atoms with van der Waals surface area (Å²) in [5.41, 5.74) is 2.57. The molecule has 0 radical (unpaired) electrons. The number of carbonyl (C=O) groups excluding carboxylic acids is 1. The van der Waals surface area contributed by atoms with Crippen LogP contribution >= 0.6 is 15.9 Å². The first-order chi connectivity index (χ1) is 12.0. The van der Waals surface area contributed by atoms with Crippen LogP contribution in [0.25, 0.3) is 0 Å². The minimum atomic E-state index is -0.160. The third-order valence-electron chi connectivity index (χ3n) is 4.58. The predicted octanol–water partition coefficient (Wildman–Crippen LogP) is 2.07. The van der Waals surface area contributed by atoms with Crippen molar-refractivity contribution in [1.29, 1.82) is 0 Å². The topological polar surface area (TPSA) is 58.4 Å². The molecule has 0 atom stereocenters. The van der Waals surface area contributed by atoms with Crippen LogP contribution in [0.15, 0.2) is 39.7 Å². The summed E-state index contributed by atoms with van der Waals surface area (Å²) in [6.45, 7) is 4.68. The second-order valence-electron chi connectivity index (χ2n) is 6.10. The van der Waals surface area contributed by atoms with Gasteiger partial charge in [0, 0.05) is 38.8 Å². The standard InChI is InChI=1S/C18H21BrN4O2/c1-3-13-4-6-14(7-5-13)17(24)23-10-8-22(9-11-23)15-12-20-21(2)18(25)16(15)19/h4-7,12H,3,8-11H2,1-2H3. The monoisotopic (exact) mass is 404 g/mol. The lowest BCUT2D eigenvalue weighted by Crippen LogP contribution is -2.49. The number of carbonyl (C=O) groups is 1. The molecule has 1 fully saturated rings. The smallest absolute Gasteiger partial charge is 0.282 e. The van der Waals surface area contributed by atoms with E-state index in [1.165, 1.54) is 10.2 Å². The molecule has 132 valence electrons. The zero-order valence-electron chi connectivity index (χ0n) is 14.4. The van der Waals surface area contributed by atoms with E-state index in [0.717, 1.165) is 17.7 Å². The second kappa shape index (κ2) is 7.39. The molecule has 0 N–H and O–H groups in total. The lowest BCUT2D eigenvalue weighted by molar-refractivity contribution is 0.0746. The summed E-state index contributed by atoms with van der Waals surface area (Å²) in [5.74, 6) is 0.0588. The highest BCUT2D eigenvalue weighted by atomic mass is 79.9. The van der Waals surface area contributed by atoms with Gasteiger partial charge in [-0.2, -0.15) is 5.10 Å². The first-order valence-corrected chi connectivity index (χ1v) is 9.15. The van der Waals surface area contributed by atoms with E-state index < -0.39 is 0 Å². The maximum atomic E-state index is 12.6. The van der Waals surface area contributed by atoms with Crippen molar-refractivity contribution in [2.45, 2.75) is 13.3 Å². The highest BCUT2D eigenvalue weighted by molar-refractivity contribution is 9.10. The molecule has 0 aliphatic carbocycles. The van der Waals surface area contributed by atoms with Gasteiger partial charge in [0.15, 0.2) is 0 Å². The first kappa shape index (κ1) is 17.7. The Balaban J connectivity index is 1.68. The van der Waals surface area contributed by atoms with Gasteiger partial charge in [-0.3, -0.25) is 9.59 Å². The fourth-order valence-corrected chi connectivity index (χ4v) is 3.55. The average molecular weight is 405 g/mol. The third-order valence-corrected chi connectivity index (χ3v) is 5.32. The van der Waals surface area contributed by atoms with Crippen LogP contribution in [0.5, 0.6) is 0 Å². The molecule has 1 aromatic heterocycles. The van der Waals surface area contributed by atoms with E-state index in [9.17, 15) is 9.59 Å². The summed E-state index contributed by atoms with van der Waals surface area (Å²) in [5, 5.41) is 4.08. The molecule has 0 unspecified atom stereocenters. The minimum absolute atomic E-state index is 0.0588. The summed E-state index contributed by atoms with van der Waals surface area (Å²) in [7, 11) is 1.62. The summed E-state index contributed by atoms with van der Waals surface area (Å²) in [6.07, 6.45) is 2.65. The van der Waals surface area contributed by atoms with Crippen molar-refractivity contribution >= 4 is 27.5 Å². The van der Waals surface area contributed by atoms with E-state index in [1.54, 1.807) is 13.2 Å². The molecule has 0 saturated carbocycles. The molecule has 2 aromatic rings. The number of amides is 1. The SMILES string of the molecule is CCc1ccc(C(=O)N2CCN(c3cnn(C)c(=O)c3Br)CC2)cc1. The van der Waals surface area contributed by atoms with Crippen LogP contribution in [0.1, 0.15) is 22.8 Å². The number of halogens is 1. The van der Waals surface area contributed by atoms with Gasteiger partial charge in [-0.15, -0.1) is 0 Å². The molecular weight excluding hydrogens is 384 g/mol. The Bertz CT molecular complexity index is 824. The highest BCUT2D eigenvalue weighted by Crippen LogP contribution is 2.23. The summed E-state index contributed by atoms with van der Waals surface area (Å²) >= 11 is 3.37. The van der Waals surface area contributed by atoms with Gasteiger partial charge in [-0.1, -0.05) is 19.1 Å². The fraction of sp³-hybridized carbons (Fsp3) is 0.389. The first-order valence-electron chi connectivity index (χ1n) is 8.36. The Hall–Kier alpha value is -2.15. The van der Waals surface area contributed by atoms with Crippen molar-refractivity contribution in [3.8, 4) is 0 Å². The van der Waals surface area contributed by atoms with Gasteiger partial charge in [-0.25, -0.2) is 4.68 Å². The van der Waals surface area contributed by atoms with Crippen LogP contribution in [0.2, 0.25) is 0 Å². The molecule has 0 bridgehead atoms. The zero-order valence-corrected chi connectivity index (χ0v) is 16.0. The van der Waals surface area contributed by atoms with E-state index in [1.807, 2.05) is 29.2 Å². The molecule has 3 rings (SSSR count). The predicted molar refractivity (Wildman–Crippen MR) is 101 cm³/mol. The molecule has 0 spiro atoms. The number of rotatable bonds is 3. The van der Waals surface area contributed by atoms with Gasteiger partial charge < -0.3 is 9.80 Å². The quantitative estimate of drug-likeness (QED) is 0.785. The maximum Gasteiger partial charge on any atom is 0.282 e. The molecule has 1 aliphatic heterocycles. The van der Waals surface area contributed by atoms with Crippen LogP contribution < -0.4 is 10.5 Å². The molecule has 1 aliphatic rings. The van der Waals surface area contributed by atoms with Crippen LogP contribution in [-0.4, -0.2) is 46.8 Å². The Morgan fingerprint density at radius 2 is 1.80 bits per heavy atom. The van der Waals surface area contributed by atoms with Crippen LogP contribution in [0.3, 0.4) is 0 Å². The Morgan fingerprint density at radius 1 is 1.16 bits per heavy atom. The Kier molecular flexibility index (Phi) is 5.22. The van der Waals surface area contributed by atoms with E-state index in [2.05, 4.69) is 32.9 Å². The molecule has 7 heteroatoms. The number of nitrogens with zero attached hydrogens (tertiary/aromatic N) is 4. The summed E-state index contributed by atoms with van der Waals surface area (Å²) < 4.78 is 1.81. The Labute approximate surface area is 155 Å². The minimum Gasteiger partial charge on any atom is -0.366 e. The van der Waals surface area contributed by atoms with Gasteiger partial charge in [-0.05, 0) is 40.0 Å². The molecule has 1 aromatic carbocycles. The number of piperazine rings is 1. The largest absolute Gasteiger partial charge is 0.366 e. The second-order valence-corrected chi connectivity index (χ2v) is 6.90. The summed E-state index contributed by atoms with van der Waals surface area (Å²) in [6, 6.07) is 7.81. The van der Waals surface area contributed by atoms with E-state index in [4.69, 9.17) is 0 Å². The average Bonchev–Trinajstić information content (AvgIpc) is 2.66. The number of benzene rings is 1. The number of hydrogen-bond donors (Lipinski definition) is 0. The number of anilines is 1. The van der Waals surface area contributed by atoms with Crippen molar-refractivity contribution < 1.29 is 4.79 Å². The van der Waals surface area contributed by atoms with Gasteiger partial charge in [0.1, 0.15) is 4.47 Å². The van der Waals surface area contributed by atoms with Gasteiger partial charge in [0.2, 0.25) is 0 Å². The molecule has 2 heterocycles. The number of aromatic nitrogens is 2. The summed E-state index contributed by atoms with van der Waals surface area (Å²) in [4.78, 5) is 28.6. The molecular formula is C18H21BrN4O2. The maximum absolute atomic E-state index is 12.6. The molecule has 1 amide bonds. The Morgan fingerprint density at radius 3 is 2.40 bits per heavy atom. The van der Waals surface area contributed by atoms with Crippen molar-refractivity contribution in [3.63, 3.8) is 0 Å². The van der Waals surface area contributed by atoms with Crippen LogP contribution in [0, 0.1) is 0 Å². The fourth-order valence-electron chi connectivity index (χ4n) is 2.94. The molecule has 6 nitrogen and oxygen atoms in total. The third kappa shape index (κ3) is 3.61. The van der Waals surface area contributed by atoms with E-state index in [-0.39, 0.29) is 11.5 Å². The number of aryl methyl sites for hydroxylation is 2. The van der Waals surface area contributed by atoms with Crippen molar-refractivity contribution in [2.24, 2.45) is 7.05 Å². The number of hydrogen-bond acceptors (Lipinski definition) is 4. The molecule has 25 heavy (non-hydrogen) atoms. The lowest BCUT2D eigenvalue weighted by Gasteiger charge is -2.36. The molecule has 1 saturated heterocycles. The highest BCUT2D eigenvalue weighted by Gasteiger charge is 2.24. The van der Waals surface area contributed by atoms with Crippen molar-refractivity contribution in [2.75, 3.05) is 31.1 Å². The zero-order chi connectivity index (χ0) is 18.0. The van der Waals surface area contributed by atoms with Crippen LogP contribution in [-0.2, 0) is 13.5 Å². The normalized spacial score (nSPS) is 14.7.